The fraction of sp³-hybridized carbons (Fsp3) is 0.167. The van der Waals surface area contributed by atoms with Crippen molar-refractivity contribution in [2.24, 2.45) is 0 Å². The van der Waals surface area contributed by atoms with E-state index in [1.807, 2.05) is 16.9 Å². The molecule has 1 N–H and O–H groups in total. The van der Waals surface area contributed by atoms with Crippen LogP contribution in [0.25, 0.3) is 11.3 Å². The molecule has 1 unspecified atom stereocenters. The molecule has 0 aliphatic heterocycles. The largest absolute Gasteiger partial charge is 0.481 e. The molecule has 2 aromatic carbocycles. The number of thioether (sulfide) groups is 1. The van der Waals surface area contributed by atoms with Gasteiger partial charge in [0.2, 0.25) is 5.91 Å². The molecule has 1 amide bonds. The maximum Gasteiger partial charge on any atom is 0.236 e. The van der Waals surface area contributed by atoms with E-state index in [1.165, 1.54) is 23.1 Å². The molecule has 4 rings (SSSR count). The average molecular weight is 615 g/mol. The lowest BCUT2D eigenvalue weighted by molar-refractivity contribution is -0.113. The lowest BCUT2D eigenvalue weighted by Crippen LogP contribution is -2.15. The van der Waals surface area contributed by atoms with Gasteiger partial charge < -0.3 is 10.1 Å². The second-order valence-corrected chi connectivity index (χ2v) is 11.1. The Bertz CT molecular complexity index is 1440. The maximum atomic E-state index is 12.6. The van der Waals surface area contributed by atoms with Gasteiger partial charge >= 0.3 is 0 Å². The van der Waals surface area contributed by atoms with Crippen LogP contribution in [-0.4, -0.2) is 31.4 Å². The van der Waals surface area contributed by atoms with E-state index in [2.05, 4.69) is 27.1 Å². The van der Waals surface area contributed by atoms with Crippen molar-refractivity contribution in [2.45, 2.75) is 24.7 Å². The van der Waals surface area contributed by atoms with Crippen LogP contribution in [0.3, 0.4) is 0 Å². The number of nitrogens with one attached hydrogen (secondary N) is 1. The molecular weight excluding hydrogens is 596 g/mol. The monoisotopic (exact) mass is 613 g/mol. The Labute approximate surface area is 241 Å². The summed E-state index contributed by atoms with van der Waals surface area (Å²) in [4.78, 5) is 17.1. The summed E-state index contributed by atoms with van der Waals surface area (Å²) in [7, 11) is 0. The molecule has 0 saturated carbocycles. The van der Waals surface area contributed by atoms with Gasteiger partial charge in [-0.3, -0.25) is 9.36 Å². The highest BCUT2D eigenvalue weighted by Crippen LogP contribution is 2.33. The van der Waals surface area contributed by atoms with Crippen LogP contribution in [-0.2, 0) is 11.3 Å². The van der Waals surface area contributed by atoms with Crippen LogP contribution in [0.15, 0.2) is 59.6 Å². The van der Waals surface area contributed by atoms with Crippen molar-refractivity contribution >= 4 is 80.5 Å². The predicted molar refractivity (Wildman–Crippen MR) is 153 cm³/mol. The first-order chi connectivity index (χ1) is 17.7. The number of carbonyl (C=O) groups excluding carboxylic acids is 1. The number of carbonyl (C=O) groups is 1. The van der Waals surface area contributed by atoms with Crippen molar-refractivity contribution in [1.82, 2.24) is 19.7 Å². The van der Waals surface area contributed by atoms with E-state index >= 15 is 0 Å². The summed E-state index contributed by atoms with van der Waals surface area (Å²) < 4.78 is 7.82. The summed E-state index contributed by atoms with van der Waals surface area (Å²) >= 11 is 27.1. The van der Waals surface area contributed by atoms with E-state index in [9.17, 15) is 4.79 Å². The third-order valence-corrected chi connectivity index (χ3v) is 7.73. The van der Waals surface area contributed by atoms with E-state index in [1.54, 1.807) is 42.5 Å². The molecule has 0 spiro atoms. The highest BCUT2D eigenvalue weighted by atomic mass is 35.5. The van der Waals surface area contributed by atoms with Crippen molar-refractivity contribution in [3.8, 4) is 17.0 Å². The molecule has 0 bridgehead atoms. The molecule has 0 aliphatic rings. The van der Waals surface area contributed by atoms with Crippen molar-refractivity contribution in [3.63, 3.8) is 0 Å². The fourth-order valence-corrected chi connectivity index (χ4v) is 5.57. The average Bonchev–Trinajstić information content (AvgIpc) is 3.47. The van der Waals surface area contributed by atoms with Crippen molar-refractivity contribution in [3.05, 3.63) is 80.3 Å². The van der Waals surface area contributed by atoms with Crippen molar-refractivity contribution in [1.29, 1.82) is 0 Å². The van der Waals surface area contributed by atoms with Crippen LogP contribution in [0.4, 0.5) is 5.13 Å². The Kier molecular flexibility index (Phi) is 9.39. The second-order valence-electron chi connectivity index (χ2n) is 7.57. The lowest BCUT2D eigenvalue weighted by Gasteiger charge is -2.16. The number of hydrogen-bond donors (Lipinski definition) is 1. The smallest absolute Gasteiger partial charge is 0.236 e. The van der Waals surface area contributed by atoms with Gasteiger partial charge in [-0.15, -0.1) is 28.1 Å². The van der Waals surface area contributed by atoms with E-state index in [-0.39, 0.29) is 11.7 Å². The van der Waals surface area contributed by atoms with Crippen molar-refractivity contribution < 1.29 is 9.53 Å². The zero-order valence-corrected chi connectivity index (χ0v) is 23.9. The normalized spacial score (nSPS) is 11.8. The summed E-state index contributed by atoms with van der Waals surface area (Å²) in [6.45, 7) is 6.07. The van der Waals surface area contributed by atoms with Crippen LogP contribution in [0.2, 0.25) is 20.1 Å². The first kappa shape index (κ1) is 27.8. The summed E-state index contributed by atoms with van der Waals surface area (Å²) in [5, 5.41) is 16.1. The Hall–Kier alpha value is -2.27. The Morgan fingerprint density at radius 2 is 1.92 bits per heavy atom. The summed E-state index contributed by atoms with van der Waals surface area (Å²) in [5.74, 6) is 0.855. The number of aromatic nitrogens is 4. The van der Waals surface area contributed by atoms with Gasteiger partial charge in [0.25, 0.3) is 0 Å². The van der Waals surface area contributed by atoms with Gasteiger partial charge in [0.15, 0.2) is 22.2 Å². The molecule has 1 atom stereocenters. The van der Waals surface area contributed by atoms with Crippen molar-refractivity contribution in [2.75, 3.05) is 11.1 Å². The van der Waals surface area contributed by atoms with Crippen LogP contribution >= 0.6 is 69.5 Å². The number of nitrogens with zero attached hydrogens (tertiary/aromatic N) is 4. The number of benzene rings is 2. The molecule has 0 aliphatic carbocycles. The Morgan fingerprint density at radius 1 is 1.16 bits per heavy atom. The van der Waals surface area contributed by atoms with Crippen LogP contribution in [0, 0.1) is 0 Å². The quantitative estimate of drug-likeness (QED) is 0.144. The molecule has 2 aromatic heterocycles. The molecule has 0 saturated heterocycles. The van der Waals surface area contributed by atoms with E-state index in [0.717, 1.165) is 5.56 Å². The third kappa shape index (κ3) is 6.98. The summed E-state index contributed by atoms with van der Waals surface area (Å²) in [6, 6.07) is 10.2. The molecule has 192 valence electrons. The zero-order valence-electron chi connectivity index (χ0n) is 19.3. The van der Waals surface area contributed by atoms with Crippen LogP contribution in [0.5, 0.6) is 5.75 Å². The topological polar surface area (TPSA) is 81.9 Å². The van der Waals surface area contributed by atoms with Gasteiger partial charge in [0, 0.05) is 33.6 Å². The minimum Gasteiger partial charge on any atom is -0.481 e. The minimum absolute atomic E-state index is 0.0985. The van der Waals surface area contributed by atoms with E-state index in [0.29, 0.717) is 54.2 Å². The Balaban J connectivity index is 1.41. The predicted octanol–water partition coefficient (Wildman–Crippen LogP) is 8.07. The molecule has 2 heterocycles. The highest BCUT2D eigenvalue weighted by Gasteiger charge is 2.21. The SMILES string of the molecule is C=CCn1c(SCC(=O)Nc2nc(-c3ccc(Cl)cc3Cl)cs2)nnc1C(C)Oc1cc(Cl)ccc1Cl. The fourth-order valence-electron chi connectivity index (χ4n) is 3.26. The number of amides is 1. The van der Waals surface area contributed by atoms with Gasteiger partial charge in [-0.1, -0.05) is 64.2 Å². The van der Waals surface area contributed by atoms with Gasteiger partial charge in [-0.05, 0) is 37.3 Å². The van der Waals surface area contributed by atoms with E-state index < -0.39 is 6.10 Å². The number of allylic oxidation sites excluding steroid dienone is 1. The van der Waals surface area contributed by atoms with Gasteiger partial charge in [0.1, 0.15) is 5.75 Å². The lowest BCUT2D eigenvalue weighted by atomic mass is 10.2. The standard InChI is InChI=1S/C24H19Cl4N5O2S2/c1-3-8-33-22(13(2)35-20-10-15(26)5-7-17(20)27)31-32-24(33)37-12-21(34)30-23-29-19(11-36-23)16-6-4-14(25)9-18(16)28/h3-7,9-11,13H,1,8,12H2,2H3,(H,29,30,34). The number of thiazole rings is 1. The molecular formula is C24H19Cl4N5O2S2. The molecule has 37 heavy (non-hydrogen) atoms. The first-order valence-electron chi connectivity index (χ1n) is 10.7. The molecule has 0 fully saturated rings. The zero-order chi connectivity index (χ0) is 26.5. The van der Waals surface area contributed by atoms with Gasteiger partial charge in [0.05, 0.1) is 21.5 Å². The van der Waals surface area contributed by atoms with Crippen LogP contribution < -0.4 is 10.1 Å². The van der Waals surface area contributed by atoms with Crippen LogP contribution in [0.1, 0.15) is 18.9 Å². The number of halogens is 4. The van der Waals surface area contributed by atoms with E-state index in [4.69, 9.17) is 51.1 Å². The maximum absolute atomic E-state index is 12.6. The molecule has 13 heteroatoms. The molecule has 4 aromatic rings. The molecule has 0 radical (unpaired) electrons. The molecule has 7 nitrogen and oxygen atoms in total. The first-order valence-corrected chi connectivity index (χ1v) is 14.1. The number of rotatable bonds is 10. The number of anilines is 1. The Morgan fingerprint density at radius 3 is 2.68 bits per heavy atom. The highest BCUT2D eigenvalue weighted by molar-refractivity contribution is 7.99. The van der Waals surface area contributed by atoms with Gasteiger partial charge in [-0.2, -0.15) is 0 Å². The number of ether oxygens (including phenoxy) is 1. The minimum atomic E-state index is -0.486. The summed E-state index contributed by atoms with van der Waals surface area (Å²) in [5.41, 5.74) is 1.39. The number of hydrogen-bond acceptors (Lipinski definition) is 7. The second kappa shape index (κ2) is 12.5. The van der Waals surface area contributed by atoms with Gasteiger partial charge in [-0.25, -0.2) is 4.98 Å². The third-order valence-electron chi connectivity index (χ3n) is 4.91. The summed E-state index contributed by atoms with van der Waals surface area (Å²) in [6.07, 6.45) is 1.23.